The van der Waals surface area contributed by atoms with Gasteiger partial charge in [0.1, 0.15) is 22.4 Å². The molecular weight excluding hydrogens is 316 g/mol. The Balaban J connectivity index is 1.54. The molecule has 0 spiro atoms. The minimum absolute atomic E-state index is 0.00744. The number of imidazole rings is 1. The lowest BCUT2D eigenvalue weighted by molar-refractivity contribution is -0.133. The average molecular weight is 334 g/mol. The van der Waals surface area contributed by atoms with Crippen LogP contribution in [0.25, 0.3) is 22.1 Å². The second-order valence-corrected chi connectivity index (χ2v) is 7.15. The predicted molar refractivity (Wildman–Crippen MR) is 91.6 cm³/mol. The number of rotatable bonds is 2. The van der Waals surface area contributed by atoms with Crippen LogP contribution in [-0.4, -0.2) is 43.4 Å². The van der Waals surface area contributed by atoms with Crippen LogP contribution in [0.4, 0.5) is 0 Å². The first kappa shape index (κ1) is 14.5. The Labute approximate surface area is 144 Å². The third-order valence-electron chi connectivity index (χ3n) is 5.60. The van der Waals surface area contributed by atoms with E-state index in [1.54, 1.807) is 6.20 Å². The van der Waals surface area contributed by atoms with E-state index in [1.165, 1.54) is 0 Å². The van der Waals surface area contributed by atoms with E-state index in [0.29, 0.717) is 25.9 Å². The standard InChI is InChI=1S/C18H18N6O/c1-11-22-14-8-21-16-13(2-6-20-16)15(14)24(11)12-3-7-23(9-12)17(25)18(10-19)4-5-18/h2,6,8,12H,3-5,7,9H2,1H3,(H,20,21). The number of carbonyl (C=O) groups is 1. The molecule has 1 unspecified atom stereocenters. The number of aryl methyl sites for hydroxylation is 1. The summed E-state index contributed by atoms with van der Waals surface area (Å²) in [4.78, 5) is 26.7. The summed E-state index contributed by atoms with van der Waals surface area (Å²) < 4.78 is 2.24. The van der Waals surface area contributed by atoms with Gasteiger partial charge in [0.15, 0.2) is 0 Å². The summed E-state index contributed by atoms with van der Waals surface area (Å²) in [5.41, 5.74) is 2.06. The fourth-order valence-corrected chi connectivity index (χ4v) is 4.09. The first-order valence-electron chi connectivity index (χ1n) is 8.64. The second kappa shape index (κ2) is 4.82. The quantitative estimate of drug-likeness (QED) is 0.778. The van der Waals surface area contributed by atoms with E-state index in [2.05, 4.69) is 25.6 Å². The topological polar surface area (TPSA) is 90.6 Å². The Hall–Kier alpha value is -2.88. The number of likely N-dealkylation sites (tertiary alicyclic amines) is 1. The van der Waals surface area contributed by atoms with Crippen molar-refractivity contribution in [1.29, 1.82) is 5.26 Å². The smallest absolute Gasteiger partial charge is 0.243 e. The molecule has 3 aromatic rings. The molecule has 25 heavy (non-hydrogen) atoms. The van der Waals surface area contributed by atoms with Crippen molar-refractivity contribution in [2.24, 2.45) is 5.41 Å². The van der Waals surface area contributed by atoms with Crippen LogP contribution in [0.1, 0.15) is 31.1 Å². The van der Waals surface area contributed by atoms with Gasteiger partial charge in [-0.3, -0.25) is 4.79 Å². The first-order chi connectivity index (χ1) is 12.1. The highest BCUT2D eigenvalue weighted by Crippen LogP contribution is 2.47. The lowest BCUT2D eigenvalue weighted by Crippen LogP contribution is -2.35. The van der Waals surface area contributed by atoms with Crippen molar-refractivity contribution in [3.05, 3.63) is 24.3 Å². The maximum atomic E-state index is 12.7. The lowest BCUT2D eigenvalue weighted by Gasteiger charge is -2.20. The van der Waals surface area contributed by atoms with Gasteiger partial charge in [0.25, 0.3) is 0 Å². The van der Waals surface area contributed by atoms with Crippen LogP contribution in [-0.2, 0) is 4.79 Å². The van der Waals surface area contributed by atoms with E-state index < -0.39 is 5.41 Å². The van der Waals surface area contributed by atoms with E-state index in [9.17, 15) is 10.1 Å². The molecule has 2 aliphatic rings. The number of hydrogen-bond acceptors (Lipinski definition) is 4. The molecule has 1 N–H and O–H groups in total. The van der Waals surface area contributed by atoms with Gasteiger partial charge >= 0.3 is 0 Å². The number of nitrogens with zero attached hydrogens (tertiary/aromatic N) is 5. The molecular formula is C18H18N6O. The van der Waals surface area contributed by atoms with E-state index in [4.69, 9.17) is 0 Å². The molecule has 2 fully saturated rings. The minimum Gasteiger partial charge on any atom is -0.346 e. The zero-order valence-electron chi connectivity index (χ0n) is 14.0. The highest BCUT2D eigenvalue weighted by Gasteiger charge is 2.53. The number of pyridine rings is 1. The van der Waals surface area contributed by atoms with Crippen LogP contribution < -0.4 is 0 Å². The molecule has 1 aliphatic carbocycles. The summed E-state index contributed by atoms with van der Waals surface area (Å²) in [7, 11) is 0. The van der Waals surface area contributed by atoms with Crippen molar-refractivity contribution in [1.82, 2.24) is 24.4 Å². The molecule has 3 aromatic heterocycles. The molecule has 1 atom stereocenters. The minimum atomic E-state index is -0.737. The molecule has 0 bridgehead atoms. The molecule has 1 saturated heterocycles. The Kier molecular flexibility index (Phi) is 2.79. The Morgan fingerprint density at radius 1 is 1.48 bits per heavy atom. The van der Waals surface area contributed by atoms with Crippen LogP contribution in [0, 0.1) is 23.7 Å². The van der Waals surface area contributed by atoms with Crippen molar-refractivity contribution in [3.8, 4) is 6.07 Å². The predicted octanol–water partition coefficient (Wildman–Crippen LogP) is 2.30. The summed E-state index contributed by atoms with van der Waals surface area (Å²) >= 11 is 0. The first-order valence-corrected chi connectivity index (χ1v) is 8.64. The number of hydrogen-bond donors (Lipinski definition) is 1. The second-order valence-electron chi connectivity index (χ2n) is 7.15. The number of nitriles is 1. The highest BCUT2D eigenvalue weighted by atomic mass is 16.2. The number of carbonyl (C=O) groups excluding carboxylic acids is 1. The van der Waals surface area contributed by atoms with Crippen molar-refractivity contribution < 1.29 is 4.79 Å². The fraction of sp³-hybridized carbons (Fsp3) is 0.444. The molecule has 7 heteroatoms. The number of H-pyrrole nitrogens is 1. The summed E-state index contributed by atoms with van der Waals surface area (Å²) in [6.45, 7) is 3.34. The van der Waals surface area contributed by atoms with Crippen molar-refractivity contribution in [2.45, 2.75) is 32.2 Å². The molecule has 1 amide bonds. The average Bonchev–Trinajstić information content (AvgIpc) is 2.97. The zero-order valence-corrected chi connectivity index (χ0v) is 14.0. The zero-order chi connectivity index (χ0) is 17.2. The van der Waals surface area contributed by atoms with Crippen LogP contribution in [0.2, 0.25) is 0 Å². The van der Waals surface area contributed by atoms with E-state index in [0.717, 1.165) is 34.3 Å². The van der Waals surface area contributed by atoms with Gasteiger partial charge in [0.2, 0.25) is 5.91 Å². The largest absolute Gasteiger partial charge is 0.346 e. The normalized spacial score (nSPS) is 21.8. The molecule has 5 rings (SSSR count). The number of amides is 1. The molecule has 1 aliphatic heterocycles. The van der Waals surface area contributed by atoms with Crippen molar-refractivity contribution >= 4 is 28.0 Å². The number of aromatic nitrogens is 4. The molecule has 0 radical (unpaired) electrons. The van der Waals surface area contributed by atoms with E-state index in [-0.39, 0.29) is 11.9 Å². The van der Waals surface area contributed by atoms with Gasteiger partial charge in [-0.05, 0) is 32.3 Å². The van der Waals surface area contributed by atoms with Gasteiger partial charge in [-0.2, -0.15) is 5.26 Å². The van der Waals surface area contributed by atoms with Gasteiger partial charge in [0.05, 0.1) is 23.8 Å². The summed E-state index contributed by atoms with van der Waals surface area (Å²) in [5.74, 6) is 0.944. The number of aromatic amines is 1. The molecule has 4 heterocycles. The molecule has 1 saturated carbocycles. The Bertz CT molecular complexity index is 1050. The molecule has 126 valence electrons. The van der Waals surface area contributed by atoms with Crippen LogP contribution in [0.15, 0.2) is 18.5 Å². The Morgan fingerprint density at radius 2 is 2.32 bits per heavy atom. The van der Waals surface area contributed by atoms with Gasteiger partial charge in [-0.1, -0.05) is 0 Å². The van der Waals surface area contributed by atoms with Crippen molar-refractivity contribution in [3.63, 3.8) is 0 Å². The lowest BCUT2D eigenvalue weighted by atomic mass is 10.1. The van der Waals surface area contributed by atoms with Gasteiger partial charge in [-0.25, -0.2) is 9.97 Å². The molecule has 0 aromatic carbocycles. The summed E-state index contributed by atoms with van der Waals surface area (Å²) in [6.07, 6.45) is 5.97. The number of fused-ring (bicyclic) bond motifs is 3. The van der Waals surface area contributed by atoms with Crippen molar-refractivity contribution in [2.75, 3.05) is 13.1 Å². The van der Waals surface area contributed by atoms with Crippen LogP contribution in [0.3, 0.4) is 0 Å². The maximum absolute atomic E-state index is 12.7. The number of nitrogens with one attached hydrogen (secondary N) is 1. The SMILES string of the molecule is Cc1nc2cnc3[nH]ccc3c2n1C1CCN(C(=O)C2(C#N)CC2)C1. The van der Waals surface area contributed by atoms with Gasteiger partial charge < -0.3 is 14.5 Å². The third-order valence-corrected chi connectivity index (χ3v) is 5.60. The highest BCUT2D eigenvalue weighted by molar-refractivity contribution is 6.01. The van der Waals surface area contributed by atoms with Gasteiger partial charge in [-0.15, -0.1) is 0 Å². The fourth-order valence-electron chi connectivity index (χ4n) is 4.09. The third kappa shape index (κ3) is 1.94. The van der Waals surface area contributed by atoms with Gasteiger partial charge in [0, 0.05) is 24.7 Å². The summed E-state index contributed by atoms with van der Waals surface area (Å²) in [6, 6.07) is 4.42. The van der Waals surface area contributed by atoms with E-state index in [1.807, 2.05) is 24.1 Å². The van der Waals surface area contributed by atoms with E-state index >= 15 is 0 Å². The van der Waals surface area contributed by atoms with Crippen LogP contribution in [0.5, 0.6) is 0 Å². The Morgan fingerprint density at radius 3 is 3.08 bits per heavy atom. The molecule has 7 nitrogen and oxygen atoms in total. The van der Waals surface area contributed by atoms with Crippen LogP contribution >= 0.6 is 0 Å². The monoisotopic (exact) mass is 334 g/mol. The summed E-state index contributed by atoms with van der Waals surface area (Å²) in [5, 5.41) is 10.3. The maximum Gasteiger partial charge on any atom is 0.243 e.